The molecule has 0 amide bonds. The zero-order valence-electron chi connectivity index (χ0n) is 34.4. The molecule has 0 bridgehead atoms. The van der Waals surface area contributed by atoms with Crippen LogP contribution in [0.3, 0.4) is 0 Å². The summed E-state index contributed by atoms with van der Waals surface area (Å²) in [5.41, 5.74) is 10.0. The van der Waals surface area contributed by atoms with Gasteiger partial charge in [-0.15, -0.1) is 41.7 Å². The Labute approximate surface area is 364 Å². The molecule has 5 aromatic carbocycles. The normalized spacial score (nSPS) is 13.2. The van der Waals surface area contributed by atoms with Gasteiger partial charge in [-0.05, 0) is 94.1 Å². The summed E-state index contributed by atoms with van der Waals surface area (Å²) in [6.45, 7) is 20.1. The molecular formula is C51H44N5OPtS-3. The van der Waals surface area contributed by atoms with E-state index in [1.54, 1.807) is 11.3 Å². The van der Waals surface area contributed by atoms with Gasteiger partial charge in [0.15, 0.2) is 0 Å². The van der Waals surface area contributed by atoms with Crippen molar-refractivity contribution >= 4 is 76.2 Å². The van der Waals surface area contributed by atoms with E-state index < -0.39 is 0 Å². The summed E-state index contributed by atoms with van der Waals surface area (Å²) in [6.07, 6.45) is 3.77. The fraction of sp³-hybridized carbons (Fsp3) is 0.196. The van der Waals surface area contributed by atoms with Gasteiger partial charge in [-0.3, -0.25) is 0 Å². The second-order valence-electron chi connectivity index (χ2n) is 17.4. The fourth-order valence-electron chi connectivity index (χ4n) is 8.35. The number of hydrogen-bond acceptors (Lipinski definition) is 6. The van der Waals surface area contributed by atoms with Gasteiger partial charge in [0.25, 0.3) is 0 Å². The maximum atomic E-state index is 6.85. The average Bonchev–Trinajstić information content (AvgIpc) is 3.87. The smallest absolute Gasteiger partial charge is 0.135 e. The van der Waals surface area contributed by atoms with Crippen molar-refractivity contribution in [2.45, 2.75) is 66.2 Å². The molecule has 0 unspecified atom stereocenters. The van der Waals surface area contributed by atoms with Crippen molar-refractivity contribution in [2.24, 2.45) is 0 Å². The van der Waals surface area contributed by atoms with E-state index >= 15 is 0 Å². The molecule has 6 nitrogen and oxygen atoms in total. The van der Waals surface area contributed by atoms with Crippen molar-refractivity contribution in [3.8, 4) is 17.3 Å². The number of rotatable bonds is 5. The van der Waals surface area contributed by atoms with E-state index in [0.717, 1.165) is 60.6 Å². The molecule has 0 radical (unpaired) electrons. The molecule has 0 saturated carbocycles. The van der Waals surface area contributed by atoms with Crippen molar-refractivity contribution in [2.75, 3.05) is 9.80 Å². The topological polar surface area (TPSA) is 46.4 Å². The van der Waals surface area contributed by atoms with Crippen LogP contribution in [0.15, 0.2) is 116 Å². The van der Waals surface area contributed by atoms with E-state index in [4.69, 9.17) is 14.7 Å². The Bertz CT molecular complexity index is 3070. The van der Waals surface area contributed by atoms with Gasteiger partial charge in [0.05, 0.1) is 5.69 Å². The fourth-order valence-corrected chi connectivity index (χ4v) is 9.53. The van der Waals surface area contributed by atoms with Crippen molar-refractivity contribution in [3.63, 3.8) is 0 Å². The predicted octanol–water partition coefficient (Wildman–Crippen LogP) is 14.0. The Morgan fingerprint density at radius 2 is 1.37 bits per heavy atom. The zero-order valence-corrected chi connectivity index (χ0v) is 37.5. The van der Waals surface area contributed by atoms with Gasteiger partial charge < -0.3 is 19.1 Å². The van der Waals surface area contributed by atoms with Crippen LogP contribution in [0, 0.1) is 32.6 Å². The number of hydrogen-bond donors (Lipinski definition) is 0. The molecule has 8 heteroatoms. The molecule has 1 aliphatic heterocycles. The Kier molecular flexibility index (Phi) is 9.49. The van der Waals surface area contributed by atoms with Crippen molar-refractivity contribution in [3.05, 3.63) is 157 Å². The van der Waals surface area contributed by atoms with Crippen LogP contribution < -0.4 is 14.5 Å². The molecule has 0 N–H and O–H groups in total. The maximum absolute atomic E-state index is 6.85. The molecule has 9 aromatic rings. The third-order valence-corrected chi connectivity index (χ3v) is 12.5. The monoisotopic (exact) mass is 969 g/mol. The molecule has 0 saturated heterocycles. The third-order valence-electron chi connectivity index (χ3n) is 11.3. The van der Waals surface area contributed by atoms with Gasteiger partial charge in [0.2, 0.25) is 0 Å². The molecule has 0 aliphatic carbocycles. The number of pyridine rings is 2. The molecular weight excluding hydrogens is 926 g/mol. The van der Waals surface area contributed by atoms with Gasteiger partial charge >= 0.3 is 0 Å². The summed E-state index contributed by atoms with van der Waals surface area (Å²) in [7, 11) is 0. The van der Waals surface area contributed by atoms with Crippen molar-refractivity contribution in [1.82, 2.24) is 14.5 Å². The number of nitrogens with zero attached hydrogens (tertiary/aromatic N) is 5. The SMILES string of the molecule is Cc1cc(C(C)(C)C)cc(C)c1N1[CH-]N(c2[c-]c(Oc3[c-]c4c(cc3)c3ccccc3n4-c3cc(C(C)(C)C)ccn3)cc3c2sc2ccccc23)c2ncccc21.[Pt]. The predicted molar refractivity (Wildman–Crippen MR) is 242 cm³/mol. The zero-order chi connectivity index (χ0) is 40.1. The molecule has 0 atom stereocenters. The second-order valence-corrected chi connectivity index (χ2v) is 18.5. The summed E-state index contributed by atoms with van der Waals surface area (Å²) in [6, 6.07) is 43.8. The minimum absolute atomic E-state index is 0. The van der Waals surface area contributed by atoms with E-state index in [2.05, 4.69) is 180 Å². The molecule has 0 spiro atoms. The third kappa shape index (κ3) is 6.60. The van der Waals surface area contributed by atoms with Crippen LogP contribution in [0.25, 0.3) is 47.8 Å². The first kappa shape index (κ1) is 39.0. The first-order chi connectivity index (χ1) is 27.8. The number of aryl methyl sites for hydroxylation is 2. The van der Waals surface area contributed by atoms with Crippen LogP contribution in [-0.2, 0) is 31.9 Å². The molecule has 0 fully saturated rings. The summed E-state index contributed by atoms with van der Waals surface area (Å²) in [4.78, 5) is 14.3. The van der Waals surface area contributed by atoms with Crippen LogP contribution >= 0.6 is 11.3 Å². The van der Waals surface area contributed by atoms with Crippen LogP contribution in [0.1, 0.15) is 63.8 Å². The number of aromatic nitrogens is 3. The minimum atomic E-state index is -0.0270. The van der Waals surface area contributed by atoms with Crippen LogP contribution in [0.5, 0.6) is 11.5 Å². The van der Waals surface area contributed by atoms with Crippen LogP contribution in [0.4, 0.5) is 22.9 Å². The quantitative estimate of drug-likeness (QED) is 0.161. The van der Waals surface area contributed by atoms with E-state index in [0.29, 0.717) is 11.5 Å². The Morgan fingerprint density at radius 1 is 0.644 bits per heavy atom. The van der Waals surface area contributed by atoms with Crippen molar-refractivity contribution < 1.29 is 25.8 Å². The van der Waals surface area contributed by atoms with E-state index in [1.807, 2.05) is 24.5 Å². The van der Waals surface area contributed by atoms with Gasteiger partial charge in [0.1, 0.15) is 11.6 Å². The Hall–Kier alpha value is -5.49. The Balaban J connectivity index is 0.00000449. The molecule has 298 valence electrons. The number of fused-ring (bicyclic) bond motifs is 7. The van der Waals surface area contributed by atoms with E-state index in [-0.39, 0.29) is 31.9 Å². The number of ether oxygens (including phenoxy) is 1. The number of benzene rings is 5. The first-order valence-corrected chi connectivity index (χ1v) is 20.6. The molecule has 1 aliphatic rings. The van der Waals surface area contributed by atoms with Crippen LogP contribution in [0.2, 0.25) is 0 Å². The molecule has 10 rings (SSSR count). The standard InChI is InChI=1S/C51H44N5OS.Pt/c1-31-24-34(51(6,7)8)25-32(2)47(31)54-30-55(49-42(54)17-13-22-53-49)44-29-36(27-40-39-15-10-12-18-45(39)58-48(40)44)57-35-19-20-38-37-14-9-11-16-41(37)56(43(38)28-35)46-26-33(21-23-52-46)50(3,4)5;/h9-27,30H,1-8H3;/q-3;. The summed E-state index contributed by atoms with van der Waals surface area (Å²) in [5, 5.41) is 4.51. The second kappa shape index (κ2) is 14.4. The number of anilines is 4. The maximum Gasteiger partial charge on any atom is 0.135 e. The molecule has 4 aromatic heterocycles. The summed E-state index contributed by atoms with van der Waals surface area (Å²) in [5.74, 6) is 2.89. The van der Waals surface area contributed by atoms with Gasteiger partial charge in [-0.25, -0.2) is 21.3 Å². The van der Waals surface area contributed by atoms with E-state index in [9.17, 15) is 0 Å². The van der Waals surface area contributed by atoms with Crippen molar-refractivity contribution in [1.29, 1.82) is 0 Å². The molecule has 5 heterocycles. The largest absolute Gasteiger partial charge is 0.509 e. The van der Waals surface area contributed by atoms with Crippen LogP contribution in [-0.4, -0.2) is 14.5 Å². The number of thiophene rings is 1. The van der Waals surface area contributed by atoms with Gasteiger partial charge in [0, 0.05) is 60.9 Å². The number of para-hydroxylation sites is 1. The minimum Gasteiger partial charge on any atom is -0.509 e. The van der Waals surface area contributed by atoms with Gasteiger partial charge in [-0.1, -0.05) is 106 Å². The molecule has 59 heavy (non-hydrogen) atoms. The summed E-state index contributed by atoms with van der Waals surface area (Å²) < 4.78 is 11.4. The van der Waals surface area contributed by atoms with Gasteiger partial charge in [-0.2, -0.15) is 6.07 Å². The van der Waals surface area contributed by atoms with E-state index in [1.165, 1.54) is 32.3 Å². The Morgan fingerprint density at radius 3 is 2.14 bits per heavy atom. The first-order valence-electron chi connectivity index (χ1n) is 19.8. The average molecular weight is 970 g/mol. The summed E-state index contributed by atoms with van der Waals surface area (Å²) >= 11 is 1.77.